The van der Waals surface area contributed by atoms with Crippen molar-refractivity contribution in [3.63, 3.8) is 0 Å². The summed E-state index contributed by atoms with van der Waals surface area (Å²) < 4.78 is 26.5. The number of rotatable bonds is 7. The molecule has 6 nitrogen and oxygen atoms in total. The molecule has 0 aliphatic heterocycles. The molecule has 1 aliphatic rings. The van der Waals surface area contributed by atoms with Gasteiger partial charge in [-0.25, -0.2) is 4.72 Å². The first-order chi connectivity index (χ1) is 6.92. The van der Waals surface area contributed by atoms with Crippen molar-refractivity contribution < 1.29 is 18.3 Å². The van der Waals surface area contributed by atoms with Gasteiger partial charge < -0.3 is 5.11 Å². The van der Waals surface area contributed by atoms with E-state index < -0.39 is 16.2 Å². The summed E-state index contributed by atoms with van der Waals surface area (Å²) in [6, 6.07) is 0. The fourth-order valence-electron chi connectivity index (χ4n) is 1.16. The summed E-state index contributed by atoms with van der Waals surface area (Å²) in [7, 11) is -1.99. The summed E-state index contributed by atoms with van der Waals surface area (Å²) in [6.45, 7) is 0.453. The zero-order chi connectivity index (χ0) is 11.5. The molecule has 0 aromatic rings. The number of carbonyl (C=O) groups is 1. The molecule has 0 unspecified atom stereocenters. The topological polar surface area (TPSA) is 86.7 Å². The predicted molar refractivity (Wildman–Crippen MR) is 54.5 cm³/mol. The highest BCUT2D eigenvalue weighted by molar-refractivity contribution is 7.87. The third-order valence-electron chi connectivity index (χ3n) is 2.25. The number of carboxylic acid groups (broad SMARTS) is 1. The third-order valence-corrected chi connectivity index (χ3v) is 3.78. The van der Waals surface area contributed by atoms with Gasteiger partial charge in [-0.1, -0.05) is 0 Å². The lowest BCUT2D eigenvalue weighted by Gasteiger charge is -2.16. The molecule has 0 saturated heterocycles. The Labute approximate surface area is 89.4 Å². The molecule has 1 aliphatic carbocycles. The molecule has 1 rings (SSSR count). The van der Waals surface area contributed by atoms with Crippen molar-refractivity contribution in [1.82, 2.24) is 9.03 Å². The Morgan fingerprint density at radius 3 is 2.60 bits per heavy atom. The maximum absolute atomic E-state index is 11.5. The van der Waals surface area contributed by atoms with E-state index in [-0.39, 0.29) is 13.0 Å². The molecule has 88 valence electrons. The Hall–Kier alpha value is -0.660. The lowest BCUT2D eigenvalue weighted by Crippen LogP contribution is -2.40. The standard InChI is InChI=1S/C8H16N2O4S/c1-10(6-7-2-3-7)15(13,14)9-5-4-8(11)12/h7,9H,2-6H2,1H3,(H,11,12). The molecule has 0 spiro atoms. The van der Waals surface area contributed by atoms with Gasteiger partial charge in [0.1, 0.15) is 0 Å². The number of carboxylic acids is 1. The normalized spacial score (nSPS) is 16.9. The van der Waals surface area contributed by atoms with Crippen LogP contribution in [0.4, 0.5) is 0 Å². The monoisotopic (exact) mass is 236 g/mol. The average molecular weight is 236 g/mol. The Morgan fingerprint density at radius 2 is 2.13 bits per heavy atom. The third kappa shape index (κ3) is 4.59. The van der Waals surface area contributed by atoms with Crippen molar-refractivity contribution in [3.8, 4) is 0 Å². The molecule has 0 amide bonds. The Kier molecular flexibility index (Phi) is 4.06. The molecule has 2 N–H and O–H groups in total. The van der Waals surface area contributed by atoms with Crippen molar-refractivity contribution in [2.24, 2.45) is 5.92 Å². The molecule has 0 bridgehead atoms. The van der Waals surface area contributed by atoms with Crippen molar-refractivity contribution >= 4 is 16.2 Å². The van der Waals surface area contributed by atoms with E-state index in [1.165, 1.54) is 11.4 Å². The average Bonchev–Trinajstić information content (AvgIpc) is 2.86. The minimum atomic E-state index is -3.49. The summed E-state index contributed by atoms with van der Waals surface area (Å²) in [5.41, 5.74) is 0. The van der Waals surface area contributed by atoms with Crippen molar-refractivity contribution in [2.75, 3.05) is 20.1 Å². The van der Waals surface area contributed by atoms with E-state index in [0.29, 0.717) is 12.5 Å². The fourth-order valence-corrected chi connectivity index (χ4v) is 2.15. The highest BCUT2D eigenvalue weighted by Gasteiger charge is 2.27. The summed E-state index contributed by atoms with van der Waals surface area (Å²) in [6.07, 6.45) is 1.96. The predicted octanol–water partition coefficient (Wildman–Crippen LogP) is -0.363. The zero-order valence-electron chi connectivity index (χ0n) is 8.64. The first-order valence-corrected chi connectivity index (χ1v) is 6.28. The van der Waals surface area contributed by atoms with Crippen LogP contribution in [0.25, 0.3) is 0 Å². The van der Waals surface area contributed by atoms with E-state index >= 15 is 0 Å². The summed E-state index contributed by atoms with van der Waals surface area (Å²) >= 11 is 0. The van der Waals surface area contributed by atoms with E-state index in [2.05, 4.69) is 4.72 Å². The maximum Gasteiger partial charge on any atom is 0.304 e. The Bertz CT molecular complexity index is 324. The van der Waals surface area contributed by atoms with Gasteiger partial charge in [-0.2, -0.15) is 12.7 Å². The summed E-state index contributed by atoms with van der Waals surface area (Å²) in [5, 5.41) is 8.36. The van der Waals surface area contributed by atoms with E-state index in [0.717, 1.165) is 12.8 Å². The molecule has 7 heteroatoms. The van der Waals surface area contributed by atoms with Gasteiger partial charge in [0.25, 0.3) is 10.2 Å². The van der Waals surface area contributed by atoms with Gasteiger partial charge in [-0.15, -0.1) is 0 Å². The van der Waals surface area contributed by atoms with Crippen molar-refractivity contribution in [3.05, 3.63) is 0 Å². The summed E-state index contributed by atoms with van der Waals surface area (Å²) in [4.78, 5) is 10.2. The molecule has 0 aromatic heterocycles. The second-order valence-electron chi connectivity index (χ2n) is 3.77. The smallest absolute Gasteiger partial charge is 0.304 e. The molecular weight excluding hydrogens is 220 g/mol. The van der Waals surface area contributed by atoms with Crippen LogP contribution in [0.2, 0.25) is 0 Å². The van der Waals surface area contributed by atoms with Crippen LogP contribution in [0.3, 0.4) is 0 Å². The van der Waals surface area contributed by atoms with Crippen LogP contribution in [0.5, 0.6) is 0 Å². The number of aliphatic carboxylic acids is 1. The second-order valence-corrected chi connectivity index (χ2v) is 5.63. The molecule has 0 radical (unpaired) electrons. The van der Waals surface area contributed by atoms with Crippen LogP contribution >= 0.6 is 0 Å². The molecule has 15 heavy (non-hydrogen) atoms. The molecule has 0 aromatic carbocycles. The van der Waals surface area contributed by atoms with Crippen LogP contribution in [0, 0.1) is 5.92 Å². The van der Waals surface area contributed by atoms with E-state index in [1.807, 2.05) is 0 Å². The van der Waals surface area contributed by atoms with Crippen LogP contribution in [0.1, 0.15) is 19.3 Å². The summed E-state index contributed by atoms with van der Waals surface area (Å²) in [5.74, 6) is -0.534. The zero-order valence-corrected chi connectivity index (χ0v) is 9.46. The molecule has 1 saturated carbocycles. The molecule has 1 fully saturated rings. The van der Waals surface area contributed by atoms with Crippen molar-refractivity contribution in [1.29, 1.82) is 0 Å². The van der Waals surface area contributed by atoms with E-state index in [4.69, 9.17) is 5.11 Å². The maximum atomic E-state index is 11.5. The second kappa shape index (κ2) is 4.91. The van der Waals surface area contributed by atoms with Crippen LogP contribution in [-0.4, -0.2) is 43.9 Å². The minimum Gasteiger partial charge on any atom is -0.481 e. The number of nitrogens with one attached hydrogen (secondary N) is 1. The minimum absolute atomic E-state index is 0.0628. The largest absolute Gasteiger partial charge is 0.481 e. The fraction of sp³-hybridized carbons (Fsp3) is 0.875. The van der Waals surface area contributed by atoms with Crippen LogP contribution in [-0.2, 0) is 15.0 Å². The Balaban J connectivity index is 2.32. The highest BCUT2D eigenvalue weighted by atomic mass is 32.2. The van der Waals surface area contributed by atoms with Gasteiger partial charge in [0, 0.05) is 20.1 Å². The van der Waals surface area contributed by atoms with Gasteiger partial charge in [0.15, 0.2) is 0 Å². The van der Waals surface area contributed by atoms with Crippen LogP contribution in [0.15, 0.2) is 0 Å². The SMILES string of the molecule is CN(CC1CC1)S(=O)(=O)NCCC(=O)O. The first kappa shape index (κ1) is 12.4. The lowest BCUT2D eigenvalue weighted by molar-refractivity contribution is -0.136. The Morgan fingerprint density at radius 1 is 1.53 bits per heavy atom. The van der Waals surface area contributed by atoms with Gasteiger partial charge in [0.2, 0.25) is 0 Å². The molecule has 0 heterocycles. The van der Waals surface area contributed by atoms with Gasteiger partial charge in [-0.05, 0) is 18.8 Å². The number of nitrogens with zero attached hydrogens (tertiary/aromatic N) is 1. The van der Waals surface area contributed by atoms with Crippen LogP contribution < -0.4 is 4.72 Å². The highest BCUT2D eigenvalue weighted by Crippen LogP contribution is 2.29. The lowest BCUT2D eigenvalue weighted by atomic mass is 10.4. The van der Waals surface area contributed by atoms with E-state index in [9.17, 15) is 13.2 Å². The van der Waals surface area contributed by atoms with Gasteiger partial charge >= 0.3 is 5.97 Å². The quantitative estimate of drug-likeness (QED) is 0.632. The van der Waals surface area contributed by atoms with Crippen molar-refractivity contribution in [2.45, 2.75) is 19.3 Å². The van der Waals surface area contributed by atoms with Gasteiger partial charge in [0.05, 0.1) is 6.42 Å². The first-order valence-electron chi connectivity index (χ1n) is 4.84. The van der Waals surface area contributed by atoms with Gasteiger partial charge in [-0.3, -0.25) is 4.79 Å². The number of hydrogen-bond donors (Lipinski definition) is 2. The molecule has 0 atom stereocenters. The number of hydrogen-bond acceptors (Lipinski definition) is 3. The molecular formula is C8H16N2O4S. The van der Waals surface area contributed by atoms with E-state index in [1.54, 1.807) is 0 Å².